The second kappa shape index (κ2) is 9.31. The lowest BCUT2D eigenvalue weighted by molar-refractivity contribution is -0.119. The fourth-order valence-corrected chi connectivity index (χ4v) is 4.44. The van der Waals surface area contributed by atoms with Gasteiger partial charge in [-0.15, -0.1) is 0 Å². The number of imidazole rings is 1. The molecule has 1 unspecified atom stereocenters. The number of rotatable bonds is 7. The topological polar surface area (TPSA) is 59.8 Å². The van der Waals surface area contributed by atoms with E-state index in [1.54, 1.807) is 18.3 Å². The number of aromatic nitrogens is 3. The summed E-state index contributed by atoms with van der Waals surface area (Å²) in [5.74, 6) is 0.244. The number of para-hydroxylation sites is 1. The van der Waals surface area contributed by atoms with E-state index < -0.39 is 6.04 Å². The van der Waals surface area contributed by atoms with Gasteiger partial charge in [0.1, 0.15) is 17.4 Å². The number of halogens is 1. The summed E-state index contributed by atoms with van der Waals surface area (Å²) < 4.78 is 15.1. The summed E-state index contributed by atoms with van der Waals surface area (Å²) in [6.07, 6.45) is 2.30. The van der Waals surface area contributed by atoms with Crippen LogP contribution in [0.2, 0.25) is 0 Å². The summed E-state index contributed by atoms with van der Waals surface area (Å²) in [7, 11) is 0. The highest BCUT2D eigenvalue weighted by atomic mass is 32.2. The van der Waals surface area contributed by atoms with Crippen molar-refractivity contribution in [3.8, 4) is 0 Å². The Balaban J connectivity index is 1.66. The first-order valence-corrected chi connectivity index (χ1v) is 11.1. The van der Waals surface area contributed by atoms with Gasteiger partial charge >= 0.3 is 0 Å². The van der Waals surface area contributed by atoms with Crippen LogP contribution < -0.4 is 5.32 Å². The molecule has 0 aliphatic rings. The first-order chi connectivity index (χ1) is 15.1. The molecule has 2 heterocycles. The highest BCUT2D eigenvalue weighted by molar-refractivity contribution is 7.98. The third kappa shape index (κ3) is 4.61. The normalized spacial score (nSPS) is 12.1. The van der Waals surface area contributed by atoms with Gasteiger partial charge < -0.3 is 5.32 Å². The molecule has 1 amide bonds. The molecule has 4 aromatic rings. The Kier molecular flexibility index (Phi) is 6.32. The van der Waals surface area contributed by atoms with Crippen molar-refractivity contribution < 1.29 is 9.18 Å². The first kappa shape index (κ1) is 21.1. The molecule has 0 aliphatic heterocycles. The predicted octanol–water partition coefficient (Wildman–Crippen LogP) is 5.76. The van der Waals surface area contributed by atoms with E-state index >= 15 is 0 Å². The number of fused-ring (bicyclic) bond motifs is 1. The predicted molar refractivity (Wildman–Crippen MR) is 123 cm³/mol. The number of hydrogen-bond acceptors (Lipinski definition) is 4. The van der Waals surface area contributed by atoms with Gasteiger partial charge in [0.2, 0.25) is 5.91 Å². The summed E-state index contributed by atoms with van der Waals surface area (Å²) >= 11 is 1.51. The van der Waals surface area contributed by atoms with Crippen LogP contribution in [0.3, 0.4) is 0 Å². The Labute approximate surface area is 184 Å². The van der Waals surface area contributed by atoms with E-state index in [9.17, 15) is 9.18 Å². The maximum absolute atomic E-state index is 13.3. The molecule has 7 heteroatoms. The number of carbonyl (C=O) groups excluding carboxylic acids is 1. The zero-order valence-corrected chi connectivity index (χ0v) is 18.2. The summed E-state index contributed by atoms with van der Waals surface area (Å²) in [6.45, 7) is 3.94. The quantitative estimate of drug-likeness (QED) is 0.376. The Morgan fingerprint density at radius 2 is 1.90 bits per heavy atom. The number of nitrogens with one attached hydrogen (secondary N) is 1. The maximum atomic E-state index is 13.3. The van der Waals surface area contributed by atoms with Crippen molar-refractivity contribution >= 4 is 34.5 Å². The fourth-order valence-electron chi connectivity index (χ4n) is 3.43. The first-order valence-electron chi connectivity index (χ1n) is 10.1. The molecule has 0 saturated carbocycles. The number of hydrogen-bond donors (Lipinski definition) is 1. The molecule has 4 rings (SSSR count). The van der Waals surface area contributed by atoms with Gasteiger partial charge in [-0.2, -0.15) is 0 Å². The van der Waals surface area contributed by atoms with Crippen molar-refractivity contribution in [2.45, 2.75) is 37.2 Å². The van der Waals surface area contributed by atoms with Gasteiger partial charge in [0.25, 0.3) is 0 Å². The number of aryl methyl sites for hydroxylation is 1. The van der Waals surface area contributed by atoms with Crippen LogP contribution in [0.5, 0.6) is 0 Å². The van der Waals surface area contributed by atoms with Crippen molar-refractivity contribution in [2.75, 3.05) is 5.32 Å². The Bertz CT molecular complexity index is 1210. The summed E-state index contributed by atoms with van der Waals surface area (Å²) in [4.78, 5) is 22.5. The number of benzene rings is 2. The third-order valence-electron chi connectivity index (χ3n) is 5.10. The summed E-state index contributed by atoms with van der Waals surface area (Å²) in [6, 6.07) is 17.4. The fraction of sp³-hybridized carbons (Fsp3) is 0.208. The van der Waals surface area contributed by atoms with Crippen LogP contribution in [-0.2, 0) is 10.5 Å². The van der Waals surface area contributed by atoms with E-state index in [2.05, 4.69) is 10.3 Å². The lowest BCUT2D eigenvalue weighted by Crippen LogP contribution is -2.26. The van der Waals surface area contributed by atoms with Crippen molar-refractivity contribution in [1.29, 1.82) is 0 Å². The largest absolute Gasteiger partial charge is 0.324 e. The highest BCUT2D eigenvalue weighted by Crippen LogP contribution is 2.31. The second-order valence-electron chi connectivity index (χ2n) is 7.25. The second-order valence-corrected chi connectivity index (χ2v) is 8.20. The van der Waals surface area contributed by atoms with E-state index in [0.717, 1.165) is 22.3 Å². The van der Waals surface area contributed by atoms with Crippen molar-refractivity contribution in [3.63, 3.8) is 0 Å². The molecule has 2 aromatic carbocycles. The van der Waals surface area contributed by atoms with Gasteiger partial charge in [-0.1, -0.05) is 49.0 Å². The molecule has 31 heavy (non-hydrogen) atoms. The molecule has 1 N–H and O–H groups in total. The smallest absolute Gasteiger partial charge is 0.247 e. The molecule has 2 aromatic heterocycles. The molecule has 0 fully saturated rings. The average Bonchev–Trinajstić information content (AvgIpc) is 3.14. The molecular weight excluding hydrogens is 411 g/mol. The SMILES string of the molecule is CCC(C(=O)Nc1ccccc1C)n1c(SCc2ccc(F)cc2)nc2cccnc21. The van der Waals surface area contributed by atoms with E-state index in [4.69, 9.17) is 4.98 Å². The summed E-state index contributed by atoms with van der Waals surface area (Å²) in [5.41, 5.74) is 4.20. The standard InChI is InChI=1S/C24H23FN4OS/c1-3-21(23(30)27-19-8-5-4-7-16(19)2)29-22-20(9-6-14-26-22)28-24(29)31-15-17-10-12-18(25)13-11-17/h4-14,21H,3,15H2,1-2H3,(H,27,30). The number of carbonyl (C=O) groups is 1. The molecule has 0 spiro atoms. The third-order valence-corrected chi connectivity index (χ3v) is 6.13. The van der Waals surface area contributed by atoms with Gasteiger partial charge in [0.05, 0.1) is 0 Å². The van der Waals surface area contributed by atoms with Crippen molar-refractivity contribution in [3.05, 3.63) is 83.8 Å². The number of amides is 1. The minimum absolute atomic E-state index is 0.106. The number of pyridine rings is 1. The molecule has 0 aliphatic carbocycles. The van der Waals surface area contributed by atoms with Gasteiger partial charge in [0, 0.05) is 17.6 Å². The molecule has 158 valence electrons. The van der Waals surface area contributed by atoms with Crippen LogP contribution in [0, 0.1) is 12.7 Å². The van der Waals surface area contributed by atoms with Crippen LogP contribution in [0.4, 0.5) is 10.1 Å². The van der Waals surface area contributed by atoms with Crippen LogP contribution >= 0.6 is 11.8 Å². The Hall–Kier alpha value is -3.19. The number of anilines is 1. The zero-order valence-electron chi connectivity index (χ0n) is 17.4. The molecule has 5 nitrogen and oxygen atoms in total. The minimum atomic E-state index is -0.463. The van der Waals surface area contributed by atoms with E-state index in [1.807, 2.05) is 54.8 Å². The van der Waals surface area contributed by atoms with Crippen molar-refractivity contribution in [2.24, 2.45) is 0 Å². The van der Waals surface area contributed by atoms with Gasteiger partial charge in [0.15, 0.2) is 10.8 Å². The molecule has 0 bridgehead atoms. The molecule has 1 atom stereocenters. The van der Waals surface area contributed by atoms with Crippen LogP contribution in [-0.4, -0.2) is 20.4 Å². The Morgan fingerprint density at radius 3 is 2.65 bits per heavy atom. The van der Waals surface area contributed by atoms with Crippen LogP contribution in [0.15, 0.2) is 72.0 Å². The van der Waals surface area contributed by atoms with Gasteiger partial charge in [-0.3, -0.25) is 9.36 Å². The minimum Gasteiger partial charge on any atom is -0.324 e. The van der Waals surface area contributed by atoms with E-state index in [0.29, 0.717) is 23.0 Å². The number of nitrogens with zero attached hydrogens (tertiary/aromatic N) is 3. The van der Waals surface area contributed by atoms with E-state index in [1.165, 1.54) is 23.9 Å². The summed E-state index contributed by atoms with van der Waals surface area (Å²) in [5, 5.41) is 3.77. The lowest BCUT2D eigenvalue weighted by Gasteiger charge is -2.20. The zero-order chi connectivity index (χ0) is 21.8. The van der Waals surface area contributed by atoms with Crippen LogP contribution in [0.1, 0.15) is 30.5 Å². The molecule has 0 radical (unpaired) electrons. The Morgan fingerprint density at radius 1 is 1.13 bits per heavy atom. The maximum Gasteiger partial charge on any atom is 0.247 e. The average molecular weight is 435 g/mol. The molecular formula is C24H23FN4OS. The monoisotopic (exact) mass is 434 g/mol. The van der Waals surface area contributed by atoms with E-state index in [-0.39, 0.29) is 11.7 Å². The van der Waals surface area contributed by atoms with Crippen molar-refractivity contribution in [1.82, 2.24) is 14.5 Å². The lowest BCUT2D eigenvalue weighted by atomic mass is 10.1. The molecule has 0 saturated heterocycles. The number of thioether (sulfide) groups is 1. The van der Waals surface area contributed by atoms with Gasteiger partial charge in [-0.05, 0) is 54.8 Å². The van der Waals surface area contributed by atoms with Crippen LogP contribution in [0.25, 0.3) is 11.2 Å². The van der Waals surface area contributed by atoms with Gasteiger partial charge in [-0.25, -0.2) is 14.4 Å². The highest BCUT2D eigenvalue weighted by Gasteiger charge is 2.25.